The van der Waals surface area contributed by atoms with E-state index in [1.54, 1.807) is 12.3 Å². The van der Waals surface area contributed by atoms with Crippen molar-refractivity contribution in [2.45, 2.75) is 6.92 Å². The molecule has 0 aliphatic carbocycles. The monoisotopic (exact) mass is 188 g/mol. The summed E-state index contributed by atoms with van der Waals surface area (Å²) in [6.45, 7) is 2.41. The molecule has 0 spiro atoms. The van der Waals surface area contributed by atoms with Crippen LogP contribution in [0.2, 0.25) is 0 Å². The minimum absolute atomic E-state index is 0.508. The summed E-state index contributed by atoms with van der Waals surface area (Å²) in [4.78, 5) is 16.5. The van der Waals surface area contributed by atoms with Crippen molar-refractivity contribution in [2.24, 2.45) is 0 Å². The number of hydrogen-bond donors (Lipinski definition) is 0. The number of pyridine rings is 1. The second-order valence-corrected chi connectivity index (χ2v) is 3.09. The van der Waals surface area contributed by atoms with Crippen LogP contribution in [-0.4, -0.2) is 24.9 Å². The van der Waals surface area contributed by atoms with Gasteiger partial charge in [0.05, 0.1) is 6.54 Å². The van der Waals surface area contributed by atoms with Crippen LogP contribution < -0.4 is 4.90 Å². The highest BCUT2D eigenvalue weighted by Crippen LogP contribution is 2.15. The number of terminal acetylenes is 1. The second-order valence-electron chi connectivity index (χ2n) is 3.09. The third kappa shape index (κ3) is 2.11. The lowest BCUT2D eigenvalue weighted by molar-refractivity contribution is 0.112. The van der Waals surface area contributed by atoms with Gasteiger partial charge < -0.3 is 4.90 Å². The largest absolute Gasteiger partial charge is 0.348 e. The predicted octanol–water partition coefficient (Wildman–Crippen LogP) is 1.27. The number of rotatable bonds is 3. The van der Waals surface area contributed by atoms with Crippen LogP contribution in [-0.2, 0) is 0 Å². The molecule has 0 aliphatic rings. The number of carbonyl (C=O) groups is 1. The van der Waals surface area contributed by atoms with Crippen LogP contribution in [0.25, 0.3) is 0 Å². The maximum absolute atomic E-state index is 10.5. The normalized spacial score (nSPS) is 9.21. The van der Waals surface area contributed by atoms with Gasteiger partial charge in [-0.05, 0) is 18.6 Å². The minimum atomic E-state index is 0.508. The van der Waals surface area contributed by atoms with E-state index < -0.39 is 0 Å². The first-order chi connectivity index (χ1) is 6.69. The summed E-state index contributed by atoms with van der Waals surface area (Å²) in [5.74, 6) is 3.35. The van der Waals surface area contributed by atoms with E-state index in [1.807, 2.05) is 18.9 Å². The first-order valence-electron chi connectivity index (χ1n) is 4.25. The van der Waals surface area contributed by atoms with E-state index in [4.69, 9.17) is 6.42 Å². The quantitative estimate of drug-likeness (QED) is 0.529. The summed E-state index contributed by atoms with van der Waals surface area (Å²) in [7, 11) is 1.87. The number of aromatic nitrogens is 1. The van der Waals surface area contributed by atoms with Crippen LogP contribution in [0.4, 0.5) is 5.82 Å². The molecule has 0 N–H and O–H groups in total. The van der Waals surface area contributed by atoms with Gasteiger partial charge in [0.1, 0.15) is 5.82 Å². The average molecular weight is 188 g/mol. The SMILES string of the molecule is C#CCN(C)c1ncc(C=O)cc1C. The van der Waals surface area contributed by atoms with Gasteiger partial charge in [-0.2, -0.15) is 0 Å². The van der Waals surface area contributed by atoms with Gasteiger partial charge in [-0.1, -0.05) is 5.92 Å². The Kier molecular flexibility index (Phi) is 3.24. The van der Waals surface area contributed by atoms with Gasteiger partial charge in [0, 0.05) is 18.8 Å². The third-order valence-electron chi connectivity index (χ3n) is 1.90. The fourth-order valence-electron chi connectivity index (χ4n) is 1.27. The zero-order valence-electron chi connectivity index (χ0n) is 8.32. The van der Waals surface area contributed by atoms with Crippen LogP contribution in [0.1, 0.15) is 15.9 Å². The molecule has 3 nitrogen and oxygen atoms in total. The van der Waals surface area contributed by atoms with Crippen molar-refractivity contribution in [1.82, 2.24) is 4.98 Å². The molecule has 3 heteroatoms. The fourth-order valence-corrected chi connectivity index (χ4v) is 1.27. The van der Waals surface area contributed by atoms with E-state index in [0.29, 0.717) is 12.1 Å². The number of aryl methyl sites for hydroxylation is 1. The van der Waals surface area contributed by atoms with Gasteiger partial charge in [-0.3, -0.25) is 4.79 Å². The van der Waals surface area contributed by atoms with E-state index in [9.17, 15) is 4.79 Å². The number of nitrogens with zero attached hydrogens (tertiary/aromatic N) is 2. The van der Waals surface area contributed by atoms with E-state index >= 15 is 0 Å². The Hall–Kier alpha value is -1.82. The molecule has 14 heavy (non-hydrogen) atoms. The highest BCUT2D eigenvalue weighted by atomic mass is 16.1. The zero-order chi connectivity index (χ0) is 10.6. The summed E-state index contributed by atoms with van der Waals surface area (Å²) < 4.78 is 0. The number of carbonyl (C=O) groups excluding carboxylic acids is 1. The number of hydrogen-bond acceptors (Lipinski definition) is 3. The molecule has 1 heterocycles. The van der Waals surface area contributed by atoms with Crippen molar-refractivity contribution in [3.05, 3.63) is 23.4 Å². The van der Waals surface area contributed by atoms with Gasteiger partial charge in [-0.25, -0.2) is 4.98 Å². The van der Waals surface area contributed by atoms with E-state index in [2.05, 4.69) is 10.9 Å². The van der Waals surface area contributed by atoms with Crippen molar-refractivity contribution < 1.29 is 4.79 Å². The van der Waals surface area contributed by atoms with Crippen LogP contribution >= 0.6 is 0 Å². The molecule has 0 amide bonds. The molecular formula is C11H12N2O. The number of anilines is 1. The summed E-state index contributed by atoms with van der Waals surface area (Å²) in [6, 6.07) is 1.79. The highest BCUT2D eigenvalue weighted by molar-refractivity contribution is 5.75. The Morgan fingerprint density at radius 1 is 1.71 bits per heavy atom. The molecule has 0 saturated heterocycles. The van der Waals surface area contributed by atoms with E-state index in [0.717, 1.165) is 17.7 Å². The maximum Gasteiger partial charge on any atom is 0.151 e. The predicted molar refractivity (Wildman–Crippen MR) is 56.5 cm³/mol. The van der Waals surface area contributed by atoms with Crippen LogP contribution in [0, 0.1) is 19.3 Å². The smallest absolute Gasteiger partial charge is 0.151 e. The summed E-state index contributed by atoms with van der Waals surface area (Å²) in [6.07, 6.45) is 7.52. The van der Waals surface area contributed by atoms with Gasteiger partial charge in [0.15, 0.2) is 6.29 Å². The highest BCUT2D eigenvalue weighted by Gasteiger charge is 2.05. The lowest BCUT2D eigenvalue weighted by Crippen LogP contribution is -2.19. The van der Waals surface area contributed by atoms with Crippen LogP contribution in [0.15, 0.2) is 12.3 Å². The van der Waals surface area contributed by atoms with Crippen molar-refractivity contribution >= 4 is 12.1 Å². The van der Waals surface area contributed by atoms with Crippen molar-refractivity contribution in [1.29, 1.82) is 0 Å². The maximum atomic E-state index is 10.5. The molecule has 0 unspecified atom stereocenters. The molecule has 1 aromatic heterocycles. The lowest BCUT2D eigenvalue weighted by atomic mass is 10.2. The summed E-state index contributed by atoms with van der Waals surface area (Å²) in [5, 5.41) is 0. The van der Waals surface area contributed by atoms with Gasteiger partial charge in [-0.15, -0.1) is 6.42 Å². The molecule has 0 fully saturated rings. The second kappa shape index (κ2) is 4.43. The lowest BCUT2D eigenvalue weighted by Gasteiger charge is -2.16. The van der Waals surface area contributed by atoms with Crippen molar-refractivity contribution in [3.63, 3.8) is 0 Å². The molecular weight excluding hydrogens is 176 g/mol. The molecule has 0 radical (unpaired) electrons. The Bertz CT molecular complexity index is 379. The van der Waals surface area contributed by atoms with Crippen molar-refractivity contribution in [2.75, 3.05) is 18.5 Å². The molecule has 0 aromatic carbocycles. The molecule has 0 bridgehead atoms. The van der Waals surface area contributed by atoms with Crippen LogP contribution in [0.3, 0.4) is 0 Å². The Labute approximate surface area is 83.8 Å². The molecule has 0 saturated carbocycles. The van der Waals surface area contributed by atoms with Gasteiger partial charge in [0.25, 0.3) is 0 Å². The van der Waals surface area contributed by atoms with E-state index in [-0.39, 0.29) is 0 Å². The zero-order valence-corrected chi connectivity index (χ0v) is 8.32. The van der Waals surface area contributed by atoms with Crippen molar-refractivity contribution in [3.8, 4) is 12.3 Å². The first-order valence-corrected chi connectivity index (χ1v) is 4.25. The van der Waals surface area contributed by atoms with Gasteiger partial charge in [0.2, 0.25) is 0 Å². The molecule has 0 atom stereocenters. The van der Waals surface area contributed by atoms with E-state index in [1.165, 1.54) is 0 Å². The topological polar surface area (TPSA) is 33.2 Å². The van der Waals surface area contributed by atoms with Gasteiger partial charge >= 0.3 is 0 Å². The fraction of sp³-hybridized carbons (Fsp3) is 0.273. The standard InChI is InChI=1S/C11H12N2O/c1-4-5-13(3)11-9(2)6-10(8-14)7-12-11/h1,6-8H,5H2,2-3H3. The minimum Gasteiger partial charge on any atom is -0.348 e. The Morgan fingerprint density at radius 3 is 2.93 bits per heavy atom. The van der Waals surface area contributed by atoms with Crippen LogP contribution in [0.5, 0.6) is 0 Å². The molecule has 1 aromatic rings. The summed E-state index contributed by atoms with van der Waals surface area (Å²) in [5.41, 5.74) is 1.53. The average Bonchev–Trinajstić information content (AvgIpc) is 2.17. The molecule has 72 valence electrons. The molecule has 1 rings (SSSR count). The molecule has 0 aliphatic heterocycles. The number of aldehydes is 1. The summed E-state index contributed by atoms with van der Waals surface area (Å²) >= 11 is 0. The Morgan fingerprint density at radius 2 is 2.43 bits per heavy atom. The Balaban J connectivity index is 3.00. The third-order valence-corrected chi connectivity index (χ3v) is 1.90. The first kappa shape index (κ1) is 10.3.